The molecule has 0 aromatic carbocycles. The van der Waals surface area contributed by atoms with Gasteiger partial charge in [-0.1, -0.05) is 27.7 Å². The number of amides is 2. The number of ether oxygens (including phenoxy) is 2. The van der Waals surface area contributed by atoms with E-state index in [0.717, 1.165) is 69.4 Å². The van der Waals surface area contributed by atoms with Crippen LogP contribution in [0.5, 0.6) is 0 Å². The Bertz CT molecular complexity index is 1110. The van der Waals surface area contributed by atoms with Gasteiger partial charge in [-0.05, 0) is 111 Å². The summed E-state index contributed by atoms with van der Waals surface area (Å²) < 4.78 is 12.4. The first-order chi connectivity index (χ1) is 20.0. The maximum Gasteiger partial charge on any atom is 0.232 e. The van der Waals surface area contributed by atoms with Crippen LogP contribution in [-0.4, -0.2) is 67.4 Å². The summed E-state index contributed by atoms with van der Waals surface area (Å²) in [7, 11) is 0. The van der Waals surface area contributed by atoms with E-state index in [2.05, 4.69) is 38.3 Å². The zero-order valence-electron chi connectivity index (χ0n) is 26.6. The number of nitrogens with one attached hydrogen (secondary N) is 2. The Morgan fingerprint density at radius 2 is 1.71 bits per heavy atom. The molecule has 0 radical (unpaired) electrons. The topological polar surface area (TPSA) is 79.9 Å². The van der Waals surface area contributed by atoms with Gasteiger partial charge in [0.15, 0.2) is 0 Å². The molecule has 4 aliphatic heterocycles. The van der Waals surface area contributed by atoms with Gasteiger partial charge in [0.1, 0.15) is 12.1 Å². The summed E-state index contributed by atoms with van der Waals surface area (Å²) in [5.41, 5.74) is 0.908. The van der Waals surface area contributed by atoms with Gasteiger partial charge in [-0.15, -0.1) is 0 Å². The average Bonchev–Trinajstić information content (AvgIpc) is 3.34. The molecule has 12 atom stereocenters. The highest BCUT2D eigenvalue weighted by molar-refractivity contribution is 5.97. The fraction of sp³-hybridized carbons (Fsp3) is 0.943. The SMILES string of the molecule is C[C@@H]1CC[C@@]2(NC1)O[C@H]1C[C@H]3[C@@H]4CC[C@@H]5CC(NC(=O)CC(=O)N6CC7(COC7)C6)CC[C@]5(C)[C@H]4CC[C@]3(C)[C@H]1[C@@H]2C. The van der Waals surface area contributed by atoms with Crippen LogP contribution in [0.4, 0.5) is 0 Å². The van der Waals surface area contributed by atoms with Crippen molar-refractivity contribution in [2.45, 2.75) is 116 Å². The summed E-state index contributed by atoms with van der Waals surface area (Å²) in [5, 5.41) is 7.20. The Labute approximate surface area is 253 Å². The summed E-state index contributed by atoms with van der Waals surface area (Å²) in [6.45, 7) is 14.3. The Kier molecular flexibility index (Phi) is 6.51. The van der Waals surface area contributed by atoms with Gasteiger partial charge in [0.25, 0.3) is 0 Å². The quantitative estimate of drug-likeness (QED) is 0.471. The van der Waals surface area contributed by atoms with Gasteiger partial charge < -0.3 is 19.7 Å². The number of fused-ring (bicyclic) bond motifs is 7. The number of rotatable bonds is 3. The number of carbonyl (C=O) groups excluding carboxylic acids is 2. The van der Waals surface area contributed by atoms with E-state index in [0.29, 0.717) is 34.7 Å². The highest BCUT2D eigenvalue weighted by Crippen LogP contribution is 2.71. The highest BCUT2D eigenvalue weighted by Gasteiger charge is 2.68. The monoisotopic (exact) mass is 581 g/mol. The van der Waals surface area contributed by atoms with Gasteiger partial charge in [0, 0.05) is 31.6 Å². The lowest BCUT2D eigenvalue weighted by Crippen LogP contribution is -2.67. The minimum atomic E-state index is -0.0767. The molecule has 4 saturated carbocycles. The lowest BCUT2D eigenvalue weighted by atomic mass is 9.44. The number of piperidine rings is 1. The van der Waals surface area contributed by atoms with Crippen molar-refractivity contribution < 1.29 is 19.1 Å². The lowest BCUT2D eigenvalue weighted by Gasteiger charge is -2.61. The van der Waals surface area contributed by atoms with Crippen LogP contribution in [0.15, 0.2) is 0 Å². The second kappa shape index (κ2) is 9.66. The Morgan fingerprint density at radius 1 is 0.929 bits per heavy atom. The van der Waals surface area contributed by atoms with Crippen LogP contribution in [-0.2, 0) is 19.1 Å². The first kappa shape index (κ1) is 28.3. The molecule has 4 saturated heterocycles. The van der Waals surface area contributed by atoms with E-state index in [9.17, 15) is 9.59 Å². The van der Waals surface area contributed by atoms with E-state index in [1.807, 2.05) is 4.90 Å². The van der Waals surface area contributed by atoms with Gasteiger partial charge in [0.05, 0.1) is 24.7 Å². The molecule has 7 heteroatoms. The molecule has 42 heavy (non-hydrogen) atoms. The van der Waals surface area contributed by atoms with Crippen LogP contribution in [0.1, 0.15) is 98.3 Å². The third-order valence-corrected chi connectivity index (χ3v) is 15.0. The molecule has 2 N–H and O–H groups in total. The van der Waals surface area contributed by atoms with E-state index < -0.39 is 0 Å². The zero-order chi connectivity index (χ0) is 29.1. The van der Waals surface area contributed by atoms with Gasteiger partial charge in [-0.25, -0.2) is 0 Å². The molecule has 8 fully saturated rings. The van der Waals surface area contributed by atoms with Crippen molar-refractivity contribution in [3.8, 4) is 0 Å². The largest absolute Gasteiger partial charge is 0.380 e. The van der Waals surface area contributed by atoms with E-state index in [4.69, 9.17) is 9.47 Å². The number of carbonyl (C=O) groups is 2. The number of nitrogens with zero attached hydrogens (tertiary/aromatic N) is 1. The van der Waals surface area contributed by atoms with Crippen molar-refractivity contribution >= 4 is 11.8 Å². The van der Waals surface area contributed by atoms with Crippen LogP contribution >= 0.6 is 0 Å². The third-order valence-electron chi connectivity index (χ3n) is 15.0. The Morgan fingerprint density at radius 3 is 2.43 bits per heavy atom. The fourth-order valence-corrected chi connectivity index (χ4v) is 12.6. The molecule has 0 bridgehead atoms. The molecular formula is C35H55N3O4. The van der Waals surface area contributed by atoms with Gasteiger partial charge in [0.2, 0.25) is 11.8 Å². The molecule has 7 nitrogen and oxygen atoms in total. The van der Waals surface area contributed by atoms with Crippen LogP contribution in [0.2, 0.25) is 0 Å². The Balaban J connectivity index is 0.890. The van der Waals surface area contributed by atoms with Crippen molar-refractivity contribution in [3.05, 3.63) is 0 Å². The van der Waals surface area contributed by atoms with Crippen molar-refractivity contribution in [3.63, 3.8) is 0 Å². The minimum absolute atomic E-state index is 0.00100. The summed E-state index contributed by atoms with van der Waals surface area (Å²) in [5.74, 6) is 5.05. The summed E-state index contributed by atoms with van der Waals surface area (Å²) >= 11 is 0. The molecule has 4 heterocycles. The number of likely N-dealkylation sites (tertiary alicyclic amines) is 1. The normalized spacial score (nSPS) is 52.0. The van der Waals surface area contributed by atoms with E-state index >= 15 is 0 Å². The summed E-state index contributed by atoms with van der Waals surface area (Å²) in [6, 6.07) is 0.221. The first-order valence-electron chi connectivity index (χ1n) is 17.6. The predicted molar refractivity (Wildman–Crippen MR) is 160 cm³/mol. The maximum absolute atomic E-state index is 12.9. The summed E-state index contributed by atoms with van der Waals surface area (Å²) in [6.07, 6.45) is 12.9. The lowest BCUT2D eigenvalue weighted by molar-refractivity contribution is -0.195. The molecule has 2 spiro atoms. The standard InChI is InChI=1S/C35H55N3O4/c1-21-7-12-35(36-16-21)22(2)31-28(42-35)14-27-25-6-5-23-13-24(8-10-32(23,3)26(25)9-11-33(27,31)4)37-29(39)15-30(40)38-17-34(18-38)19-41-20-34/h21-28,31,36H,5-20H2,1-4H3,(H,37,39)/t21-,22+,23-,24?,25-,26+,27+,28+,31+,32+,33+,35-/m1/s1. The second-order valence-corrected chi connectivity index (χ2v) is 17.3. The number of hydrogen-bond acceptors (Lipinski definition) is 5. The van der Waals surface area contributed by atoms with Gasteiger partial charge in [-0.3, -0.25) is 14.9 Å². The van der Waals surface area contributed by atoms with Crippen molar-refractivity contribution in [2.24, 2.45) is 57.7 Å². The van der Waals surface area contributed by atoms with Crippen LogP contribution in [0.3, 0.4) is 0 Å². The van der Waals surface area contributed by atoms with Crippen LogP contribution in [0, 0.1) is 57.7 Å². The fourth-order valence-electron chi connectivity index (χ4n) is 12.6. The second-order valence-electron chi connectivity index (χ2n) is 17.3. The highest BCUT2D eigenvalue weighted by atomic mass is 16.5. The van der Waals surface area contributed by atoms with Gasteiger partial charge >= 0.3 is 0 Å². The van der Waals surface area contributed by atoms with Crippen LogP contribution < -0.4 is 10.6 Å². The Hall–Kier alpha value is -1.18. The van der Waals surface area contributed by atoms with Crippen LogP contribution in [0.25, 0.3) is 0 Å². The van der Waals surface area contributed by atoms with Crippen molar-refractivity contribution in [1.82, 2.24) is 15.5 Å². The average molecular weight is 582 g/mol. The van der Waals surface area contributed by atoms with Crippen molar-refractivity contribution in [1.29, 1.82) is 0 Å². The molecular weight excluding hydrogens is 526 g/mol. The molecule has 0 aromatic heterocycles. The van der Waals surface area contributed by atoms with E-state index in [-0.39, 0.29) is 35.4 Å². The molecule has 234 valence electrons. The first-order valence-corrected chi connectivity index (χ1v) is 17.6. The van der Waals surface area contributed by atoms with E-state index in [1.165, 1.54) is 51.4 Å². The molecule has 0 aromatic rings. The smallest absolute Gasteiger partial charge is 0.232 e. The molecule has 2 amide bonds. The maximum atomic E-state index is 12.9. The summed E-state index contributed by atoms with van der Waals surface area (Å²) in [4.78, 5) is 27.4. The molecule has 4 aliphatic carbocycles. The van der Waals surface area contributed by atoms with E-state index in [1.54, 1.807) is 0 Å². The van der Waals surface area contributed by atoms with Gasteiger partial charge in [-0.2, -0.15) is 0 Å². The minimum Gasteiger partial charge on any atom is -0.380 e. The molecule has 8 rings (SSSR count). The predicted octanol–water partition coefficient (Wildman–Crippen LogP) is 4.74. The third kappa shape index (κ3) is 4.07. The molecule has 8 aliphatic rings. The number of hydrogen-bond donors (Lipinski definition) is 2. The molecule has 1 unspecified atom stereocenters. The van der Waals surface area contributed by atoms with Crippen molar-refractivity contribution in [2.75, 3.05) is 32.8 Å². The zero-order valence-corrected chi connectivity index (χ0v) is 26.6.